The van der Waals surface area contributed by atoms with Crippen LogP contribution in [-0.4, -0.2) is 34.8 Å². The molecule has 4 aliphatic rings. The fraction of sp³-hybridized carbons (Fsp3) is 0.867. The summed E-state index contributed by atoms with van der Waals surface area (Å²) in [4.78, 5) is 27.3. The molecule has 4 heteroatoms. The van der Waals surface area contributed by atoms with Crippen LogP contribution in [0.15, 0.2) is 0 Å². The second-order valence-electron chi connectivity index (χ2n) is 7.15. The first-order valence-electron chi connectivity index (χ1n) is 7.72. The van der Waals surface area contributed by atoms with Gasteiger partial charge in [0.1, 0.15) is 11.6 Å². The van der Waals surface area contributed by atoms with Crippen LogP contribution in [0.2, 0.25) is 0 Å². The summed E-state index contributed by atoms with van der Waals surface area (Å²) < 4.78 is 0. The third-order valence-electron chi connectivity index (χ3n) is 5.31. The van der Waals surface area contributed by atoms with Crippen molar-refractivity contribution >= 4 is 11.8 Å². The van der Waals surface area contributed by atoms with E-state index in [0.717, 1.165) is 32.2 Å². The summed E-state index contributed by atoms with van der Waals surface area (Å²) in [7, 11) is 0. The van der Waals surface area contributed by atoms with Gasteiger partial charge in [0.2, 0.25) is 11.8 Å². The lowest BCUT2D eigenvalue weighted by Gasteiger charge is -2.45. The minimum absolute atomic E-state index is 0.108. The highest BCUT2D eigenvalue weighted by molar-refractivity contribution is 6.00. The number of hydrogen-bond donors (Lipinski definition) is 1. The van der Waals surface area contributed by atoms with Crippen molar-refractivity contribution in [3.63, 3.8) is 0 Å². The van der Waals surface area contributed by atoms with E-state index in [1.165, 1.54) is 12.8 Å². The van der Waals surface area contributed by atoms with Crippen LogP contribution in [0.25, 0.3) is 0 Å². The maximum Gasteiger partial charge on any atom is 0.249 e. The molecule has 0 radical (unpaired) electrons. The van der Waals surface area contributed by atoms with E-state index in [2.05, 4.69) is 5.32 Å². The second kappa shape index (κ2) is 3.74. The Hall–Kier alpha value is -1.06. The Morgan fingerprint density at radius 3 is 2.37 bits per heavy atom. The van der Waals surface area contributed by atoms with Crippen molar-refractivity contribution in [1.29, 1.82) is 0 Å². The topological polar surface area (TPSA) is 49.4 Å². The predicted molar refractivity (Wildman–Crippen MR) is 70.2 cm³/mol. The van der Waals surface area contributed by atoms with Gasteiger partial charge in [-0.2, -0.15) is 0 Å². The third kappa shape index (κ3) is 1.87. The Morgan fingerprint density at radius 1 is 1.16 bits per heavy atom. The maximum atomic E-state index is 12.9. The van der Waals surface area contributed by atoms with E-state index in [0.29, 0.717) is 17.8 Å². The third-order valence-corrected chi connectivity index (χ3v) is 5.31. The van der Waals surface area contributed by atoms with Crippen molar-refractivity contribution in [2.24, 2.45) is 17.8 Å². The molecule has 104 valence electrons. The van der Waals surface area contributed by atoms with Gasteiger partial charge in [0.05, 0.1) is 0 Å². The summed E-state index contributed by atoms with van der Waals surface area (Å²) in [6, 6.07) is -0.167. The smallest absolute Gasteiger partial charge is 0.249 e. The number of carbonyl (C=O) groups excluding carboxylic acids is 2. The molecule has 19 heavy (non-hydrogen) atoms. The summed E-state index contributed by atoms with van der Waals surface area (Å²) in [5.74, 6) is 1.74. The number of hydrogen-bond acceptors (Lipinski definition) is 2. The van der Waals surface area contributed by atoms with E-state index >= 15 is 0 Å². The largest absolute Gasteiger partial charge is 0.340 e. The van der Waals surface area contributed by atoms with Gasteiger partial charge in [-0.05, 0) is 63.2 Å². The number of nitrogens with one attached hydrogen (secondary N) is 1. The van der Waals surface area contributed by atoms with Crippen LogP contribution in [0.4, 0.5) is 0 Å². The van der Waals surface area contributed by atoms with Crippen LogP contribution in [0.5, 0.6) is 0 Å². The SMILES string of the molecule is CC1(C2CC2)NC(=O)C(C2CC2)N(CC2CC2)C1=O. The lowest BCUT2D eigenvalue weighted by Crippen LogP contribution is -2.70. The van der Waals surface area contributed by atoms with Gasteiger partial charge in [0.15, 0.2) is 0 Å². The first kappa shape index (κ1) is 11.7. The van der Waals surface area contributed by atoms with Gasteiger partial charge in [0, 0.05) is 6.54 Å². The van der Waals surface area contributed by atoms with Gasteiger partial charge >= 0.3 is 0 Å². The number of nitrogens with zero attached hydrogens (tertiary/aromatic N) is 1. The lowest BCUT2D eigenvalue weighted by molar-refractivity contribution is -0.156. The quantitative estimate of drug-likeness (QED) is 0.830. The van der Waals surface area contributed by atoms with Crippen LogP contribution < -0.4 is 5.32 Å². The molecular weight excluding hydrogens is 240 g/mol. The molecular formula is C15H22N2O2. The summed E-state index contributed by atoms with van der Waals surface area (Å²) in [5, 5.41) is 3.07. The minimum Gasteiger partial charge on any atom is -0.340 e. The van der Waals surface area contributed by atoms with Crippen molar-refractivity contribution in [2.75, 3.05) is 6.54 Å². The molecule has 0 aromatic heterocycles. The van der Waals surface area contributed by atoms with Gasteiger partial charge in [-0.1, -0.05) is 0 Å². The first-order chi connectivity index (χ1) is 9.09. The van der Waals surface area contributed by atoms with Crippen LogP contribution in [0.1, 0.15) is 45.4 Å². The molecule has 0 aromatic carbocycles. The van der Waals surface area contributed by atoms with Crippen molar-refractivity contribution in [2.45, 2.75) is 57.0 Å². The molecule has 1 saturated heterocycles. The van der Waals surface area contributed by atoms with Crippen molar-refractivity contribution < 1.29 is 9.59 Å². The van der Waals surface area contributed by atoms with E-state index in [4.69, 9.17) is 0 Å². The zero-order chi connectivity index (χ0) is 13.2. The lowest BCUT2D eigenvalue weighted by atomic mass is 9.88. The molecule has 4 fully saturated rings. The van der Waals surface area contributed by atoms with E-state index in [9.17, 15) is 9.59 Å². The summed E-state index contributed by atoms with van der Waals surface area (Å²) in [6.45, 7) is 2.75. The van der Waals surface area contributed by atoms with Crippen LogP contribution in [-0.2, 0) is 9.59 Å². The second-order valence-corrected chi connectivity index (χ2v) is 7.15. The standard InChI is InChI=1S/C15H22N2O2/c1-15(11-6-7-11)14(19)17(8-9-2-3-9)12(10-4-5-10)13(18)16-15/h9-12H,2-8H2,1H3,(H,16,18). The molecule has 2 amide bonds. The van der Waals surface area contributed by atoms with E-state index in [1.54, 1.807) is 0 Å². The van der Waals surface area contributed by atoms with Gasteiger partial charge in [-0.3, -0.25) is 9.59 Å². The summed E-state index contributed by atoms with van der Waals surface area (Å²) in [5.41, 5.74) is -0.614. The van der Waals surface area contributed by atoms with Gasteiger partial charge in [0.25, 0.3) is 0 Å². The first-order valence-corrected chi connectivity index (χ1v) is 7.72. The van der Waals surface area contributed by atoms with Crippen LogP contribution >= 0.6 is 0 Å². The Kier molecular flexibility index (Phi) is 2.31. The summed E-state index contributed by atoms with van der Waals surface area (Å²) in [6.07, 6.45) is 6.81. The number of rotatable bonds is 4. The molecule has 4 rings (SSSR count). The Balaban J connectivity index is 1.63. The van der Waals surface area contributed by atoms with Crippen LogP contribution in [0, 0.1) is 17.8 Å². The minimum atomic E-state index is -0.614. The molecule has 1 heterocycles. The monoisotopic (exact) mass is 262 g/mol. The Labute approximate surface area is 113 Å². The van der Waals surface area contributed by atoms with Crippen molar-refractivity contribution in [3.8, 4) is 0 Å². The Morgan fingerprint density at radius 2 is 1.84 bits per heavy atom. The van der Waals surface area contributed by atoms with Gasteiger partial charge < -0.3 is 10.2 Å². The molecule has 0 bridgehead atoms. The maximum absolute atomic E-state index is 12.9. The van der Waals surface area contributed by atoms with Gasteiger partial charge in [-0.25, -0.2) is 0 Å². The van der Waals surface area contributed by atoms with Crippen molar-refractivity contribution in [1.82, 2.24) is 10.2 Å². The molecule has 1 aliphatic heterocycles. The highest BCUT2D eigenvalue weighted by Gasteiger charge is 2.58. The van der Waals surface area contributed by atoms with E-state index in [1.807, 2.05) is 11.8 Å². The normalized spacial score (nSPS) is 39.4. The average Bonchev–Trinajstić information content (AvgIpc) is 3.23. The zero-order valence-corrected chi connectivity index (χ0v) is 11.5. The molecule has 1 N–H and O–H groups in total. The fourth-order valence-electron chi connectivity index (χ4n) is 3.54. The molecule has 3 saturated carbocycles. The molecule has 3 aliphatic carbocycles. The van der Waals surface area contributed by atoms with E-state index in [-0.39, 0.29) is 17.9 Å². The molecule has 0 spiro atoms. The molecule has 0 aromatic rings. The number of piperazine rings is 1. The van der Waals surface area contributed by atoms with E-state index < -0.39 is 5.54 Å². The predicted octanol–water partition coefficient (Wildman–Crippen LogP) is 1.30. The van der Waals surface area contributed by atoms with Crippen molar-refractivity contribution in [3.05, 3.63) is 0 Å². The summed E-state index contributed by atoms with van der Waals surface area (Å²) >= 11 is 0. The highest BCUT2D eigenvalue weighted by atomic mass is 16.2. The van der Waals surface area contributed by atoms with Crippen LogP contribution in [0.3, 0.4) is 0 Å². The molecule has 4 nitrogen and oxygen atoms in total. The fourth-order valence-corrected chi connectivity index (χ4v) is 3.54. The number of carbonyl (C=O) groups is 2. The van der Waals surface area contributed by atoms with Gasteiger partial charge in [-0.15, -0.1) is 0 Å². The number of amides is 2. The molecule has 2 unspecified atom stereocenters. The Bertz CT molecular complexity index is 437. The highest BCUT2D eigenvalue weighted by Crippen LogP contribution is 2.46. The average molecular weight is 262 g/mol. The molecule has 2 atom stereocenters. The zero-order valence-electron chi connectivity index (χ0n) is 11.5.